The Balaban J connectivity index is 1.28. The second-order valence-corrected chi connectivity index (χ2v) is 8.32. The number of hydrazine groups is 1. The third-order valence-electron chi connectivity index (χ3n) is 6.12. The van der Waals surface area contributed by atoms with Crippen molar-refractivity contribution >= 4 is 17.5 Å². The fraction of sp³-hybridized carbons (Fsp3) is 0.435. The van der Waals surface area contributed by atoms with Crippen LogP contribution in [0.15, 0.2) is 42.7 Å². The molecule has 1 aromatic carbocycles. The molecule has 0 radical (unpaired) electrons. The highest BCUT2D eigenvalue weighted by Crippen LogP contribution is 2.25. The number of aryl methyl sites for hydroxylation is 2. The average Bonchev–Trinajstić information content (AvgIpc) is 3.27. The average molecular weight is 408 g/mol. The van der Waals surface area contributed by atoms with E-state index < -0.39 is 0 Å². The Morgan fingerprint density at radius 3 is 2.67 bits per heavy atom. The molecule has 2 fully saturated rings. The lowest BCUT2D eigenvalue weighted by molar-refractivity contribution is -0.136. The van der Waals surface area contributed by atoms with Crippen LogP contribution in [0.4, 0.5) is 5.69 Å². The largest absolute Gasteiger partial charge is 0.341 e. The Hall–Kier alpha value is -2.77. The first-order valence-electron chi connectivity index (χ1n) is 10.6. The molecule has 2 atom stereocenters. The van der Waals surface area contributed by atoms with Crippen LogP contribution in [0, 0.1) is 19.8 Å². The summed E-state index contributed by atoms with van der Waals surface area (Å²) in [5.74, 6) is 0.0853. The van der Waals surface area contributed by atoms with Gasteiger partial charge in [0.15, 0.2) is 0 Å². The summed E-state index contributed by atoms with van der Waals surface area (Å²) in [6.45, 7) is 5.24. The maximum absolute atomic E-state index is 12.9. The molecule has 2 saturated heterocycles. The minimum Gasteiger partial charge on any atom is -0.341 e. The lowest BCUT2D eigenvalue weighted by Crippen LogP contribution is -2.49. The summed E-state index contributed by atoms with van der Waals surface area (Å²) >= 11 is 0. The smallest absolute Gasteiger partial charge is 0.241 e. The molecule has 2 unspecified atom stereocenters. The molecule has 0 aliphatic carbocycles. The zero-order chi connectivity index (χ0) is 21.1. The van der Waals surface area contributed by atoms with Gasteiger partial charge < -0.3 is 10.2 Å². The van der Waals surface area contributed by atoms with Crippen LogP contribution < -0.4 is 16.2 Å². The summed E-state index contributed by atoms with van der Waals surface area (Å²) in [6.07, 6.45) is 5.64. The number of anilines is 1. The van der Waals surface area contributed by atoms with Crippen molar-refractivity contribution < 1.29 is 9.59 Å². The number of pyridine rings is 1. The van der Waals surface area contributed by atoms with Crippen LogP contribution in [0.3, 0.4) is 0 Å². The van der Waals surface area contributed by atoms with Gasteiger partial charge in [0.2, 0.25) is 11.8 Å². The van der Waals surface area contributed by atoms with Gasteiger partial charge in [0.25, 0.3) is 0 Å². The van der Waals surface area contributed by atoms with E-state index in [1.807, 2.05) is 55.3 Å². The minimum atomic E-state index is -0.254. The normalized spacial score (nSPS) is 22.1. The van der Waals surface area contributed by atoms with Crippen molar-refractivity contribution in [1.82, 2.24) is 20.7 Å². The summed E-state index contributed by atoms with van der Waals surface area (Å²) in [5, 5.41) is 3.07. The fourth-order valence-corrected chi connectivity index (χ4v) is 4.21. The number of benzene rings is 1. The number of carbonyl (C=O) groups excluding carboxylic acids is 2. The van der Waals surface area contributed by atoms with Gasteiger partial charge >= 0.3 is 0 Å². The maximum atomic E-state index is 12.9. The third kappa shape index (κ3) is 4.52. The molecular formula is C23H29N5O2. The lowest BCUT2D eigenvalue weighted by atomic mass is 9.94. The molecule has 7 heteroatoms. The van der Waals surface area contributed by atoms with Crippen LogP contribution in [0.1, 0.15) is 42.0 Å². The van der Waals surface area contributed by atoms with Crippen molar-refractivity contribution in [3.05, 3.63) is 59.4 Å². The molecule has 0 spiro atoms. The van der Waals surface area contributed by atoms with E-state index in [9.17, 15) is 9.59 Å². The number of likely N-dealkylation sites (tertiary alicyclic amines) is 1. The van der Waals surface area contributed by atoms with E-state index in [2.05, 4.69) is 21.2 Å². The highest BCUT2D eigenvalue weighted by molar-refractivity contribution is 5.93. The second-order valence-electron chi connectivity index (χ2n) is 8.32. The van der Waals surface area contributed by atoms with Gasteiger partial charge in [0.1, 0.15) is 6.04 Å². The first kappa shape index (κ1) is 20.5. The molecule has 2 aromatic rings. The number of piperidine rings is 1. The van der Waals surface area contributed by atoms with E-state index in [0.717, 1.165) is 22.4 Å². The summed E-state index contributed by atoms with van der Waals surface area (Å²) in [5.41, 5.74) is 10.5. The van der Waals surface area contributed by atoms with Crippen molar-refractivity contribution in [1.29, 1.82) is 0 Å². The molecule has 3 heterocycles. The molecule has 4 rings (SSSR count). The summed E-state index contributed by atoms with van der Waals surface area (Å²) in [7, 11) is 0. The van der Waals surface area contributed by atoms with Crippen LogP contribution in [-0.4, -0.2) is 40.8 Å². The van der Waals surface area contributed by atoms with Crippen LogP contribution >= 0.6 is 0 Å². The number of rotatable bonds is 4. The predicted molar refractivity (Wildman–Crippen MR) is 116 cm³/mol. The molecule has 2 aliphatic rings. The fourth-order valence-electron chi connectivity index (χ4n) is 4.21. The Morgan fingerprint density at radius 2 is 1.93 bits per heavy atom. The van der Waals surface area contributed by atoms with E-state index >= 15 is 0 Å². The van der Waals surface area contributed by atoms with Gasteiger partial charge in [-0.25, -0.2) is 10.9 Å². The number of carbonyl (C=O) groups is 2. The van der Waals surface area contributed by atoms with Gasteiger partial charge in [-0.3, -0.25) is 14.6 Å². The summed E-state index contributed by atoms with van der Waals surface area (Å²) in [4.78, 5) is 31.7. The number of amides is 2. The Bertz CT molecular complexity index is 909. The minimum absolute atomic E-state index is 0.0492. The zero-order valence-corrected chi connectivity index (χ0v) is 17.5. The van der Waals surface area contributed by atoms with Crippen LogP contribution in [-0.2, 0) is 9.59 Å². The molecule has 2 amide bonds. The molecule has 1 aromatic heterocycles. The molecule has 7 nitrogen and oxygen atoms in total. The quantitative estimate of drug-likeness (QED) is 0.725. The highest BCUT2D eigenvalue weighted by Gasteiger charge is 2.35. The second kappa shape index (κ2) is 8.93. The van der Waals surface area contributed by atoms with Crippen LogP contribution in [0.25, 0.3) is 0 Å². The maximum Gasteiger partial charge on any atom is 0.241 e. The van der Waals surface area contributed by atoms with E-state index in [-0.39, 0.29) is 29.8 Å². The zero-order valence-electron chi connectivity index (χ0n) is 17.5. The van der Waals surface area contributed by atoms with Crippen molar-refractivity contribution in [2.24, 2.45) is 5.92 Å². The summed E-state index contributed by atoms with van der Waals surface area (Å²) < 4.78 is 0. The Labute approximate surface area is 177 Å². The van der Waals surface area contributed by atoms with E-state index in [4.69, 9.17) is 0 Å². The Morgan fingerprint density at radius 1 is 1.13 bits per heavy atom. The van der Waals surface area contributed by atoms with Crippen LogP contribution in [0.5, 0.6) is 0 Å². The molecule has 2 aliphatic heterocycles. The predicted octanol–water partition coefficient (Wildman–Crippen LogP) is 2.48. The molecule has 3 N–H and O–H groups in total. The summed E-state index contributed by atoms with van der Waals surface area (Å²) in [6, 6.07) is 9.81. The molecular weight excluding hydrogens is 378 g/mol. The number of hydrogen-bond donors (Lipinski definition) is 3. The van der Waals surface area contributed by atoms with Crippen molar-refractivity contribution in [3.63, 3.8) is 0 Å². The first-order chi connectivity index (χ1) is 14.5. The van der Waals surface area contributed by atoms with E-state index in [0.29, 0.717) is 32.4 Å². The molecule has 158 valence electrons. The number of aromatic nitrogens is 1. The van der Waals surface area contributed by atoms with Crippen molar-refractivity contribution in [2.45, 2.75) is 45.2 Å². The number of hydrogen-bond acceptors (Lipinski definition) is 5. The highest BCUT2D eigenvalue weighted by atomic mass is 16.2. The van der Waals surface area contributed by atoms with Gasteiger partial charge in [-0.1, -0.05) is 18.2 Å². The van der Waals surface area contributed by atoms with Gasteiger partial charge in [-0.15, -0.1) is 0 Å². The topological polar surface area (TPSA) is 86.4 Å². The number of nitrogens with one attached hydrogen (secondary N) is 3. The SMILES string of the molecule is Cc1ccc(C)c(NC(=O)C2CCN(C(=O)C3CC(c4cccnc4)NN3)CC2)c1. The van der Waals surface area contributed by atoms with E-state index in [1.165, 1.54) is 0 Å². The monoisotopic (exact) mass is 407 g/mol. The number of nitrogens with zero attached hydrogens (tertiary/aromatic N) is 2. The first-order valence-corrected chi connectivity index (χ1v) is 10.6. The Kier molecular flexibility index (Phi) is 6.11. The lowest BCUT2D eigenvalue weighted by Gasteiger charge is -2.33. The van der Waals surface area contributed by atoms with Gasteiger partial charge in [-0.2, -0.15) is 0 Å². The molecule has 30 heavy (non-hydrogen) atoms. The van der Waals surface area contributed by atoms with Gasteiger partial charge in [0.05, 0.1) is 0 Å². The van der Waals surface area contributed by atoms with Crippen LogP contribution in [0.2, 0.25) is 0 Å². The molecule has 0 saturated carbocycles. The van der Waals surface area contributed by atoms with E-state index in [1.54, 1.807) is 6.20 Å². The van der Waals surface area contributed by atoms with Crippen molar-refractivity contribution in [2.75, 3.05) is 18.4 Å². The van der Waals surface area contributed by atoms with Crippen molar-refractivity contribution in [3.8, 4) is 0 Å². The molecule has 0 bridgehead atoms. The van der Waals surface area contributed by atoms with Gasteiger partial charge in [-0.05, 0) is 61.9 Å². The van der Waals surface area contributed by atoms with Gasteiger partial charge in [0, 0.05) is 43.1 Å². The third-order valence-corrected chi connectivity index (χ3v) is 6.12. The standard InChI is InChI=1S/C23H29N5O2/c1-15-5-6-16(2)19(12-15)25-22(29)17-7-10-28(11-8-17)23(30)21-13-20(26-27-21)18-4-3-9-24-14-18/h3-6,9,12,14,17,20-21,26-27H,7-8,10-11,13H2,1-2H3,(H,25,29).